The minimum absolute atomic E-state index is 0.351. The van der Waals surface area contributed by atoms with Gasteiger partial charge in [0.1, 0.15) is 6.33 Å². The van der Waals surface area contributed by atoms with Crippen LogP contribution in [0.3, 0.4) is 0 Å². The lowest BCUT2D eigenvalue weighted by molar-refractivity contribution is 0.100. The summed E-state index contributed by atoms with van der Waals surface area (Å²) < 4.78 is 1.10. The van der Waals surface area contributed by atoms with Gasteiger partial charge in [0.2, 0.25) is 0 Å². The van der Waals surface area contributed by atoms with Crippen molar-refractivity contribution in [2.75, 3.05) is 0 Å². The molecule has 0 saturated heterocycles. The molecule has 1 amide bonds. The number of primary amides is 1. The van der Waals surface area contributed by atoms with Crippen molar-refractivity contribution in [3.63, 3.8) is 0 Å². The van der Waals surface area contributed by atoms with E-state index in [9.17, 15) is 4.79 Å². The number of nitrogens with zero attached hydrogens (tertiary/aromatic N) is 3. The summed E-state index contributed by atoms with van der Waals surface area (Å²) in [6.07, 6.45) is 1.40. The molecule has 0 atom stereocenters. The maximum atomic E-state index is 10.8. The molecule has 3 rings (SSSR count). The number of benzene rings is 1. The third kappa shape index (κ3) is 2.85. The van der Waals surface area contributed by atoms with Crippen LogP contribution in [0.1, 0.15) is 9.67 Å². The second-order valence-electron chi connectivity index (χ2n) is 3.08. The summed E-state index contributed by atoms with van der Waals surface area (Å²) in [5, 5.41) is 13.2. The molecule has 0 saturated carbocycles. The average molecular weight is 247 g/mol. The third-order valence-corrected chi connectivity index (χ3v) is 3.07. The van der Waals surface area contributed by atoms with Crippen LogP contribution < -0.4 is 5.73 Å². The van der Waals surface area contributed by atoms with Gasteiger partial charge in [0.15, 0.2) is 0 Å². The summed E-state index contributed by atoms with van der Waals surface area (Å²) in [4.78, 5) is 11.4. The average Bonchev–Trinajstić information content (AvgIpc) is 3.01. The SMILES string of the molecule is NC(=O)c1cc2ccccc2s1.c1nnn[nH]1. The van der Waals surface area contributed by atoms with Gasteiger partial charge in [-0.15, -0.1) is 16.4 Å². The van der Waals surface area contributed by atoms with Crippen molar-refractivity contribution in [2.24, 2.45) is 5.73 Å². The van der Waals surface area contributed by atoms with Crippen molar-refractivity contribution in [1.82, 2.24) is 20.6 Å². The summed E-state index contributed by atoms with van der Waals surface area (Å²) in [7, 11) is 0. The van der Waals surface area contributed by atoms with E-state index in [2.05, 4.69) is 20.6 Å². The van der Waals surface area contributed by atoms with Gasteiger partial charge in [0.25, 0.3) is 5.91 Å². The van der Waals surface area contributed by atoms with E-state index in [-0.39, 0.29) is 5.91 Å². The van der Waals surface area contributed by atoms with Crippen LogP contribution >= 0.6 is 11.3 Å². The number of thiophene rings is 1. The smallest absolute Gasteiger partial charge is 0.258 e. The summed E-state index contributed by atoms with van der Waals surface area (Å²) in [5.41, 5.74) is 5.15. The second-order valence-corrected chi connectivity index (χ2v) is 4.16. The molecule has 0 aliphatic carbocycles. The number of carbonyl (C=O) groups excluding carboxylic acids is 1. The van der Waals surface area contributed by atoms with Gasteiger partial charge in [0, 0.05) is 4.70 Å². The number of fused-ring (bicyclic) bond motifs is 1. The van der Waals surface area contributed by atoms with E-state index in [1.165, 1.54) is 17.7 Å². The Morgan fingerprint density at radius 1 is 1.35 bits per heavy atom. The lowest BCUT2D eigenvalue weighted by Gasteiger charge is -1.82. The zero-order valence-electron chi connectivity index (χ0n) is 8.70. The number of rotatable bonds is 1. The standard InChI is InChI=1S/C9H7NOS.CH2N4/c10-9(11)8-5-6-3-1-2-4-7(6)12-8;1-2-4-5-3-1/h1-5H,(H2,10,11);1H,(H,2,3,4,5). The molecule has 0 fully saturated rings. The second kappa shape index (κ2) is 5.17. The first-order valence-electron chi connectivity index (χ1n) is 4.73. The molecule has 86 valence electrons. The van der Waals surface area contributed by atoms with Crippen LogP contribution in [0.2, 0.25) is 0 Å². The number of H-pyrrole nitrogens is 1. The summed E-state index contributed by atoms with van der Waals surface area (Å²) in [6.45, 7) is 0. The molecular weight excluding hydrogens is 238 g/mol. The van der Waals surface area contributed by atoms with Gasteiger partial charge < -0.3 is 5.73 Å². The number of aromatic amines is 1. The van der Waals surface area contributed by atoms with E-state index in [0.717, 1.165) is 10.1 Å². The van der Waals surface area contributed by atoms with Crippen molar-refractivity contribution in [3.8, 4) is 0 Å². The summed E-state index contributed by atoms with van der Waals surface area (Å²) >= 11 is 1.43. The Morgan fingerprint density at radius 2 is 2.18 bits per heavy atom. The number of amides is 1. The fourth-order valence-corrected chi connectivity index (χ4v) is 2.15. The number of nitrogens with one attached hydrogen (secondary N) is 1. The van der Waals surface area contributed by atoms with E-state index in [0.29, 0.717) is 4.88 Å². The fourth-order valence-electron chi connectivity index (χ4n) is 1.23. The lowest BCUT2D eigenvalue weighted by atomic mass is 10.2. The highest BCUT2D eigenvalue weighted by atomic mass is 32.1. The van der Waals surface area contributed by atoms with Crippen molar-refractivity contribution >= 4 is 27.3 Å². The summed E-state index contributed by atoms with van der Waals surface area (Å²) in [5.74, 6) is -0.351. The molecule has 17 heavy (non-hydrogen) atoms. The van der Waals surface area contributed by atoms with Gasteiger partial charge in [-0.25, -0.2) is 5.10 Å². The normalized spacial score (nSPS) is 9.65. The largest absolute Gasteiger partial charge is 0.365 e. The molecule has 3 aromatic rings. The van der Waals surface area contributed by atoms with Gasteiger partial charge in [0.05, 0.1) is 4.88 Å². The molecular formula is C10H9N5OS. The minimum atomic E-state index is -0.351. The Bertz CT molecular complexity index is 554. The van der Waals surface area contributed by atoms with Crippen LogP contribution in [0.15, 0.2) is 36.7 Å². The molecule has 7 heteroatoms. The molecule has 6 nitrogen and oxygen atoms in total. The molecule has 3 N–H and O–H groups in total. The van der Waals surface area contributed by atoms with E-state index in [1.54, 1.807) is 0 Å². The molecule has 1 aromatic carbocycles. The quantitative estimate of drug-likeness (QED) is 0.675. The number of hydrogen-bond acceptors (Lipinski definition) is 5. The fraction of sp³-hybridized carbons (Fsp3) is 0. The van der Waals surface area contributed by atoms with Gasteiger partial charge in [-0.3, -0.25) is 4.79 Å². The molecule has 0 spiro atoms. The van der Waals surface area contributed by atoms with Crippen LogP contribution in [0.4, 0.5) is 0 Å². The molecule has 0 bridgehead atoms. The first kappa shape index (κ1) is 11.2. The number of nitrogens with two attached hydrogens (primary N) is 1. The Labute approximate surface area is 100 Å². The predicted molar refractivity (Wildman–Crippen MR) is 64.5 cm³/mol. The van der Waals surface area contributed by atoms with Crippen molar-refractivity contribution in [2.45, 2.75) is 0 Å². The molecule has 2 aromatic heterocycles. The van der Waals surface area contributed by atoms with E-state index >= 15 is 0 Å². The molecule has 0 aliphatic heterocycles. The maximum Gasteiger partial charge on any atom is 0.258 e. The van der Waals surface area contributed by atoms with Crippen LogP contribution in [-0.2, 0) is 0 Å². The van der Waals surface area contributed by atoms with Gasteiger partial charge in [-0.05, 0) is 27.9 Å². The highest BCUT2D eigenvalue weighted by molar-refractivity contribution is 7.20. The molecule has 0 aliphatic rings. The van der Waals surface area contributed by atoms with Crippen molar-refractivity contribution < 1.29 is 4.79 Å². The number of aromatic nitrogens is 4. The lowest BCUT2D eigenvalue weighted by Crippen LogP contribution is -2.07. The van der Waals surface area contributed by atoms with Gasteiger partial charge in [-0.1, -0.05) is 18.2 Å². The Balaban J connectivity index is 0.000000181. The van der Waals surface area contributed by atoms with Crippen molar-refractivity contribution in [1.29, 1.82) is 0 Å². The number of carbonyl (C=O) groups is 1. The van der Waals surface area contributed by atoms with E-state index < -0.39 is 0 Å². The minimum Gasteiger partial charge on any atom is -0.365 e. The summed E-state index contributed by atoms with van der Waals surface area (Å²) in [6, 6.07) is 9.66. The topological polar surface area (TPSA) is 97.6 Å². The molecule has 0 unspecified atom stereocenters. The van der Waals surface area contributed by atoms with Crippen molar-refractivity contribution in [3.05, 3.63) is 41.5 Å². The monoisotopic (exact) mass is 247 g/mol. The zero-order valence-corrected chi connectivity index (χ0v) is 9.52. The van der Waals surface area contributed by atoms with E-state index in [1.807, 2.05) is 30.3 Å². The Kier molecular flexibility index (Phi) is 3.41. The maximum absolute atomic E-state index is 10.8. The molecule has 0 radical (unpaired) electrons. The van der Waals surface area contributed by atoms with Gasteiger partial charge in [-0.2, -0.15) is 0 Å². The van der Waals surface area contributed by atoms with Crippen LogP contribution in [0.25, 0.3) is 10.1 Å². The van der Waals surface area contributed by atoms with Crippen LogP contribution in [-0.4, -0.2) is 26.5 Å². The van der Waals surface area contributed by atoms with Gasteiger partial charge >= 0.3 is 0 Å². The van der Waals surface area contributed by atoms with Crippen LogP contribution in [0.5, 0.6) is 0 Å². The van der Waals surface area contributed by atoms with Crippen LogP contribution in [0, 0.1) is 0 Å². The first-order chi connectivity index (χ1) is 8.27. The number of tetrazole rings is 1. The van der Waals surface area contributed by atoms with E-state index in [4.69, 9.17) is 5.73 Å². The Morgan fingerprint density at radius 3 is 2.71 bits per heavy atom. The number of hydrogen-bond donors (Lipinski definition) is 2. The molecule has 2 heterocycles. The zero-order chi connectivity index (χ0) is 12.1. The highest BCUT2D eigenvalue weighted by Gasteiger charge is 2.04. The third-order valence-electron chi connectivity index (χ3n) is 1.94. The predicted octanol–water partition coefficient (Wildman–Crippen LogP) is 1.20. The Hall–Kier alpha value is -2.28. The highest BCUT2D eigenvalue weighted by Crippen LogP contribution is 2.24. The first-order valence-corrected chi connectivity index (χ1v) is 5.54.